The molecule has 0 unspecified atom stereocenters. The number of aromatic nitrogens is 2. The number of carbonyl (C=O) groups is 2. The van der Waals surface area contributed by atoms with Gasteiger partial charge in [0.05, 0.1) is 5.69 Å². The lowest BCUT2D eigenvalue weighted by molar-refractivity contribution is 0.0766. The Morgan fingerprint density at radius 3 is 2.46 bits per heavy atom. The van der Waals surface area contributed by atoms with E-state index < -0.39 is 17.5 Å². The Bertz CT molecular complexity index is 769. The number of hydrogen-bond acceptors (Lipinski definition) is 3. The molecule has 6 nitrogen and oxygen atoms in total. The normalized spacial score (nSPS) is 10.5. The summed E-state index contributed by atoms with van der Waals surface area (Å²) >= 11 is 0. The molecule has 0 fully saturated rings. The number of nitrogens with one attached hydrogen (secondary N) is 1. The van der Waals surface area contributed by atoms with E-state index in [1.165, 1.54) is 17.8 Å². The van der Waals surface area contributed by atoms with Crippen molar-refractivity contribution in [1.29, 1.82) is 0 Å². The highest BCUT2D eigenvalue weighted by Crippen LogP contribution is 2.16. The third kappa shape index (κ3) is 3.58. The Hall–Kier alpha value is -2.77. The summed E-state index contributed by atoms with van der Waals surface area (Å²) in [6, 6.07) is 4.18. The summed E-state index contributed by atoms with van der Waals surface area (Å²) in [5.74, 6) is -2.56. The number of nitrogens with zero attached hydrogens (tertiary/aromatic N) is 3. The van der Waals surface area contributed by atoms with Crippen LogP contribution < -0.4 is 5.32 Å². The minimum absolute atomic E-state index is 0.0919. The van der Waals surface area contributed by atoms with Crippen molar-refractivity contribution >= 4 is 17.5 Å². The lowest BCUT2D eigenvalue weighted by atomic mass is 10.2. The van der Waals surface area contributed by atoms with Crippen LogP contribution in [0.4, 0.5) is 14.5 Å². The Kier molecular flexibility index (Phi) is 5.28. The smallest absolute Gasteiger partial charge is 0.274 e. The lowest BCUT2D eigenvalue weighted by Crippen LogP contribution is -2.30. The van der Waals surface area contributed by atoms with Crippen LogP contribution in [0.3, 0.4) is 0 Å². The molecule has 0 aliphatic carbocycles. The molecule has 0 radical (unpaired) electrons. The van der Waals surface area contributed by atoms with E-state index in [-0.39, 0.29) is 23.0 Å². The van der Waals surface area contributed by atoms with Gasteiger partial charge in [0.1, 0.15) is 17.3 Å². The number of rotatable bonds is 5. The van der Waals surface area contributed by atoms with Gasteiger partial charge in [-0.2, -0.15) is 5.10 Å². The molecule has 0 aliphatic heterocycles. The van der Waals surface area contributed by atoms with Crippen LogP contribution in [0.25, 0.3) is 0 Å². The van der Waals surface area contributed by atoms with Crippen molar-refractivity contribution in [2.24, 2.45) is 7.05 Å². The quantitative estimate of drug-likeness (QED) is 0.912. The van der Waals surface area contributed by atoms with E-state index in [0.717, 1.165) is 12.1 Å². The zero-order valence-electron chi connectivity index (χ0n) is 13.6. The average molecular weight is 336 g/mol. The van der Waals surface area contributed by atoms with E-state index in [2.05, 4.69) is 10.4 Å². The van der Waals surface area contributed by atoms with E-state index >= 15 is 0 Å². The van der Waals surface area contributed by atoms with Crippen molar-refractivity contribution in [2.75, 3.05) is 18.4 Å². The van der Waals surface area contributed by atoms with E-state index in [1.807, 2.05) is 13.8 Å². The molecule has 1 N–H and O–H groups in total. The summed E-state index contributed by atoms with van der Waals surface area (Å²) in [4.78, 5) is 26.1. The second-order valence-electron chi connectivity index (χ2n) is 5.09. The van der Waals surface area contributed by atoms with E-state index in [4.69, 9.17) is 0 Å². The minimum Gasteiger partial charge on any atom is -0.338 e. The fraction of sp³-hybridized carbons (Fsp3) is 0.312. The van der Waals surface area contributed by atoms with E-state index in [9.17, 15) is 18.4 Å². The molecule has 1 heterocycles. The lowest BCUT2D eigenvalue weighted by Gasteiger charge is -2.16. The largest absolute Gasteiger partial charge is 0.338 e. The average Bonchev–Trinajstić information content (AvgIpc) is 2.93. The zero-order chi connectivity index (χ0) is 17.9. The Morgan fingerprint density at radius 2 is 1.88 bits per heavy atom. The van der Waals surface area contributed by atoms with Crippen molar-refractivity contribution in [3.8, 4) is 0 Å². The van der Waals surface area contributed by atoms with Crippen molar-refractivity contribution in [2.45, 2.75) is 13.8 Å². The maximum absolute atomic E-state index is 13.6. The molecular weight excluding hydrogens is 318 g/mol. The number of amides is 2. The summed E-state index contributed by atoms with van der Waals surface area (Å²) in [5, 5.41) is 6.38. The molecule has 0 aliphatic rings. The summed E-state index contributed by atoms with van der Waals surface area (Å²) < 4.78 is 27.8. The molecule has 0 atom stereocenters. The number of aryl methyl sites for hydroxylation is 1. The fourth-order valence-corrected chi connectivity index (χ4v) is 2.23. The standard InChI is InChI=1S/C16H18F2N4O2/c1-4-22(5-2)16(24)13-9-14(21(3)20-13)15(23)19-12-7-6-10(17)8-11(12)18/h6-9H,4-5H2,1-3H3,(H,19,23). The molecule has 2 rings (SSSR count). The second kappa shape index (κ2) is 7.20. The van der Waals surface area contributed by atoms with E-state index in [1.54, 1.807) is 4.90 Å². The summed E-state index contributed by atoms with van der Waals surface area (Å²) in [5.41, 5.74) is 0.0689. The monoisotopic (exact) mass is 336 g/mol. The van der Waals surface area contributed by atoms with Gasteiger partial charge in [0.15, 0.2) is 5.69 Å². The van der Waals surface area contributed by atoms with Crippen molar-refractivity contribution < 1.29 is 18.4 Å². The van der Waals surface area contributed by atoms with Gasteiger partial charge in [0, 0.05) is 32.3 Å². The topological polar surface area (TPSA) is 67.2 Å². The first kappa shape index (κ1) is 17.6. The Balaban J connectivity index is 2.23. The number of benzene rings is 1. The Morgan fingerprint density at radius 1 is 1.21 bits per heavy atom. The first-order chi connectivity index (χ1) is 11.4. The molecule has 1 aromatic carbocycles. The van der Waals surface area contributed by atoms with E-state index in [0.29, 0.717) is 19.2 Å². The molecule has 8 heteroatoms. The van der Waals surface area contributed by atoms with Crippen molar-refractivity contribution in [3.63, 3.8) is 0 Å². The fourth-order valence-electron chi connectivity index (χ4n) is 2.23. The van der Waals surface area contributed by atoms with Gasteiger partial charge in [-0.3, -0.25) is 14.3 Å². The van der Waals surface area contributed by atoms with Gasteiger partial charge in [-0.1, -0.05) is 0 Å². The molecule has 2 aromatic rings. The van der Waals surface area contributed by atoms with Gasteiger partial charge in [-0.05, 0) is 26.0 Å². The molecule has 0 bridgehead atoms. The SMILES string of the molecule is CCN(CC)C(=O)c1cc(C(=O)Nc2ccc(F)cc2F)n(C)n1. The molecule has 0 saturated heterocycles. The van der Waals surface area contributed by atoms with Crippen LogP contribution in [0.15, 0.2) is 24.3 Å². The minimum atomic E-state index is -0.884. The van der Waals surface area contributed by atoms with Crippen LogP contribution in [0.2, 0.25) is 0 Å². The summed E-state index contributed by atoms with van der Waals surface area (Å²) in [6.45, 7) is 4.73. The van der Waals surface area contributed by atoms with Crippen LogP contribution in [0.1, 0.15) is 34.8 Å². The highest BCUT2D eigenvalue weighted by Gasteiger charge is 2.21. The van der Waals surface area contributed by atoms with Crippen LogP contribution in [0.5, 0.6) is 0 Å². The van der Waals surface area contributed by atoms with Gasteiger partial charge in [0.2, 0.25) is 0 Å². The maximum Gasteiger partial charge on any atom is 0.274 e. The number of carbonyl (C=O) groups excluding carboxylic acids is 2. The molecule has 0 spiro atoms. The highest BCUT2D eigenvalue weighted by atomic mass is 19.1. The first-order valence-electron chi connectivity index (χ1n) is 7.47. The Labute approximate surface area is 138 Å². The second-order valence-corrected chi connectivity index (χ2v) is 5.09. The third-order valence-electron chi connectivity index (χ3n) is 3.56. The van der Waals surface area contributed by atoms with Crippen molar-refractivity contribution in [1.82, 2.24) is 14.7 Å². The van der Waals surface area contributed by atoms with Gasteiger partial charge >= 0.3 is 0 Å². The molecule has 2 amide bonds. The summed E-state index contributed by atoms with van der Waals surface area (Å²) in [7, 11) is 1.51. The van der Waals surface area contributed by atoms with Gasteiger partial charge in [-0.15, -0.1) is 0 Å². The maximum atomic E-state index is 13.6. The van der Waals surface area contributed by atoms with Crippen molar-refractivity contribution in [3.05, 3.63) is 47.3 Å². The summed E-state index contributed by atoms with van der Waals surface area (Å²) in [6.07, 6.45) is 0. The predicted molar refractivity (Wildman–Crippen MR) is 84.8 cm³/mol. The molecule has 0 saturated carbocycles. The zero-order valence-corrected chi connectivity index (χ0v) is 13.6. The first-order valence-corrected chi connectivity index (χ1v) is 7.47. The molecule has 1 aromatic heterocycles. The number of halogens is 2. The van der Waals surface area contributed by atoms with Gasteiger partial charge < -0.3 is 10.2 Å². The van der Waals surface area contributed by atoms with Crippen LogP contribution in [-0.2, 0) is 7.05 Å². The van der Waals surface area contributed by atoms with Gasteiger partial charge in [-0.25, -0.2) is 8.78 Å². The van der Waals surface area contributed by atoms with Crippen LogP contribution in [-0.4, -0.2) is 39.6 Å². The van der Waals surface area contributed by atoms with Crippen LogP contribution in [0, 0.1) is 11.6 Å². The van der Waals surface area contributed by atoms with Crippen LogP contribution >= 0.6 is 0 Å². The van der Waals surface area contributed by atoms with Gasteiger partial charge in [0.25, 0.3) is 11.8 Å². The molecule has 24 heavy (non-hydrogen) atoms. The number of hydrogen-bond donors (Lipinski definition) is 1. The highest BCUT2D eigenvalue weighted by molar-refractivity contribution is 6.04. The number of anilines is 1. The molecular formula is C16H18F2N4O2. The molecule has 128 valence electrons. The predicted octanol–water partition coefficient (Wildman–Crippen LogP) is 2.43. The third-order valence-corrected chi connectivity index (χ3v) is 3.56.